The van der Waals surface area contributed by atoms with Gasteiger partial charge in [-0.2, -0.15) is 0 Å². The van der Waals surface area contributed by atoms with Crippen LogP contribution >= 0.6 is 0 Å². The summed E-state index contributed by atoms with van der Waals surface area (Å²) in [6, 6.07) is 2.99. The van der Waals surface area contributed by atoms with E-state index in [2.05, 4.69) is 5.32 Å². The van der Waals surface area contributed by atoms with Gasteiger partial charge in [-0.05, 0) is 50.5 Å². The lowest BCUT2D eigenvalue weighted by molar-refractivity contribution is 0.0371. The fourth-order valence-electron chi connectivity index (χ4n) is 5.14. The van der Waals surface area contributed by atoms with Gasteiger partial charge in [-0.15, -0.1) is 0 Å². The van der Waals surface area contributed by atoms with Gasteiger partial charge in [0.25, 0.3) is 11.8 Å². The van der Waals surface area contributed by atoms with Crippen molar-refractivity contribution in [1.29, 1.82) is 0 Å². The van der Waals surface area contributed by atoms with E-state index in [1.54, 1.807) is 11.9 Å². The van der Waals surface area contributed by atoms with Gasteiger partial charge in [0.15, 0.2) is 11.4 Å². The van der Waals surface area contributed by atoms with Crippen LogP contribution in [-0.2, 0) is 6.54 Å². The van der Waals surface area contributed by atoms with Crippen LogP contribution in [0.1, 0.15) is 64.9 Å². The lowest BCUT2D eigenvalue weighted by Gasteiger charge is -2.53. The SMILES string of the molecule is CN1C(=O)c2c(O)c(=O)c(C(=O)NCc3ccc(F)cc3F)cn2N(CC2CC2)C12CCCC2. The first-order valence-electron chi connectivity index (χ1n) is 11.5. The lowest BCUT2D eigenvalue weighted by atomic mass is 10.0. The van der Waals surface area contributed by atoms with E-state index in [1.807, 2.05) is 5.01 Å². The number of benzene rings is 1. The van der Waals surface area contributed by atoms with Crippen molar-refractivity contribution >= 4 is 11.8 Å². The van der Waals surface area contributed by atoms with Crippen LogP contribution < -0.4 is 15.8 Å². The number of carbonyl (C=O) groups excluding carboxylic acids is 2. The number of aromatic hydroxyl groups is 1. The van der Waals surface area contributed by atoms with Gasteiger partial charge in [-0.3, -0.25) is 24.1 Å². The molecule has 0 bridgehead atoms. The molecule has 2 aromatic rings. The van der Waals surface area contributed by atoms with Gasteiger partial charge in [-0.1, -0.05) is 6.07 Å². The summed E-state index contributed by atoms with van der Waals surface area (Å²) < 4.78 is 28.6. The Kier molecular flexibility index (Phi) is 5.33. The van der Waals surface area contributed by atoms with Crippen LogP contribution in [0.25, 0.3) is 0 Å². The number of halogens is 2. The third-order valence-corrected chi connectivity index (χ3v) is 7.27. The van der Waals surface area contributed by atoms with Crippen LogP contribution in [0.15, 0.2) is 29.2 Å². The molecule has 10 heteroatoms. The van der Waals surface area contributed by atoms with Crippen molar-refractivity contribution in [3.8, 4) is 5.75 Å². The van der Waals surface area contributed by atoms with Gasteiger partial charge in [0, 0.05) is 38.0 Å². The average molecular weight is 472 g/mol. The molecule has 2 fully saturated rings. The van der Waals surface area contributed by atoms with Crippen LogP contribution in [0, 0.1) is 17.6 Å². The van der Waals surface area contributed by atoms with Gasteiger partial charge in [0.1, 0.15) is 22.9 Å². The first-order chi connectivity index (χ1) is 16.2. The number of nitrogens with one attached hydrogen (secondary N) is 1. The summed E-state index contributed by atoms with van der Waals surface area (Å²) in [4.78, 5) is 40.7. The Balaban J connectivity index is 1.53. The number of aromatic nitrogens is 1. The molecular weight excluding hydrogens is 446 g/mol. The second-order valence-electron chi connectivity index (χ2n) is 9.41. The van der Waals surface area contributed by atoms with Crippen molar-refractivity contribution in [1.82, 2.24) is 14.9 Å². The Morgan fingerprint density at radius 1 is 1.21 bits per heavy atom. The molecule has 0 radical (unpaired) electrons. The lowest BCUT2D eigenvalue weighted by Crippen LogP contribution is -2.68. The van der Waals surface area contributed by atoms with Crippen molar-refractivity contribution in [3.63, 3.8) is 0 Å². The van der Waals surface area contributed by atoms with E-state index in [0.717, 1.165) is 44.6 Å². The molecular formula is C24H26F2N4O4. The molecule has 0 unspecified atom stereocenters. The summed E-state index contributed by atoms with van der Waals surface area (Å²) >= 11 is 0. The van der Waals surface area contributed by atoms with Crippen molar-refractivity contribution in [3.05, 3.63) is 63.1 Å². The smallest absolute Gasteiger partial charge is 0.278 e. The molecule has 8 nitrogen and oxygen atoms in total. The van der Waals surface area contributed by atoms with Gasteiger partial charge in [0.2, 0.25) is 5.43 Å². The largest absolute Gasteiger partial charge is 0.502 e. The highest BCUT2D eigenvalue weighted by atomic mass is 19.1. The van der Waals surface area contributed by atoms with E-state index >= 15 is 0 Å². The molecule has 180 valence electrons. The maximum absolute atomic E-state index is 14.0. The van der Waals surface area contributed by atoms with E-state index in [0.29, 0.717) is 18.5 Å². The van der Waals surface area contributed by atoms with E-state index in [4.69, 9.17) is 0 Å². The van der Waals surface area contributed by atoms with Crippen LogP contribution in [0.3, 0.4) is 0 Å². The van der Waals surface area contributed by atoms with Crippen molar-refractivity contribution in [2.24, 2.45) is 5.92 Å². The molecule has 0 saturated heterocycles. The number of amides is 2. The van der Waals surface area contributed by atoms with Gasteiger partial charge < -0.3 is 15.3 Å². The maximum Gasteiger partial charge on any atom is 0.278 e. The van der Waals surface area contributed by atoms with Crippen molar-refractivity contribution < 1.29 is 23.5 Å². The molecule has 2 N–H and O–H groups in total. The first-order valence-corrected chi connectivity index (χ1v) is 11.5. The predicted molar refractivity (Wildman–Crippen MR) is 119 cm³/mol. The third kappa shape index (κ3) is 3.52. The summed E-state index contributed by atoms with van der Waals surface area (Å²) in [7, 11) is 1.69. The predicted octanol–water partition coefficient (Wildman–Crippen LogP) is 2.47. The number of hydrogen-bond donors (Lipinski definition) is 2. The van der Waals surface area contributed by atoms with Crippen LogP contribution in [-0.4, -0.2) is 45.8 Å². The normalized spacial score (nSPS) is 19.0. The second-order valence-corrected chi connectivity index (χ2v) is 9.41. The van der Waals surface area contributed by atoms with Crippen molar-refractivity contribution in [2.75, 3.05) is 18.6 Å². The minimum absolute atomic E-state index is 0.0501. The molecule has 2 aliphatic carbocycles. The number of nitrogens with zero attached hydrogens (tertiary/aromatic N) is 3. The Bertz CT molecular complexity index is 1230. The molecule has 1 aliphatic heterocycles. The average Bonchev–Trinajstić information content (AvgIpc) is 3.50. The van der Waals surface area contributed by atoms with E-state index in [1.165, 1.54) is 16.9 Å². The number of pyridine rings is 1. The Hall–Kier alpha value is -3.43. The quantitative estimate of drug-likeness (QED) is 0.697. The minimum Gasteiger partial charge on any atom is -0.502 e. The first kappa shape index (κ1) is 22.4. The fourth-order valence-corrected chi connectivity index (χ4v) is 5.14. The molecule has 3 aliphatic rings. The summed E-state index contributed by atoms with van der Waals surface area (Å²) in [6.45, 7) is 0.360. The monoisotopic (exact) mass is 472 g/mol. The molecule has 5 rings (SSSR count). The van der Waals surface area contributed by atoms with Gasteiger partial charge >= 0.3 is 0 Å². The number of rotatable bonds is 5. The standard InChI is InChI=1S/C24H26F2N4O4/c1-28-23(34)19-21(32)20(31)17(22(33)27-11-15-6-7-16(25)10-18(15)26)13-29(19)30(12-14-4-5-14)24(28)8-2-3-9-24/h6-7,10,13-14,32H,2-5,8-9,11-12H2,1H3,(H,27,33). The van der Waals surface area contributed by atoms with E-state index in [-0.39, 0.29) is 23.4 Å². The Morgan fingerprint density at radius 3 is 2.56 bits per heavy atom. The summed E-state index contributed by atoms with van der Waals surface area (Å²) in [5, 5.41) is 15.2. The topological polar surface area (TPSA) is 94.9 Å². The molecule has 2 heterocycles. The zero-order valence-electron chi connectivity index (χ0n) is 18.8. The van der Waals surface area contributed by atoms with Crippen molar-refractivity contribution in [2.45, 2.75) is 50.7 Å². The summed E-state index contributed by atoms with van der Waals surface area (Å²) in [6.07, 6.45) is 6.80. The summed E-state index contributed by atoms with van der Waals surface area (Å²) in [5.41, 5.74) is -2.02. The zero-order chi connectivity index (χ0) is 24.2. The second kappa shape index (κ2) is 8.11. The molecule has 2 saturated carbocycles. The maximum atomic E-state index is 14.0. The highest BCUT2D eigenvalue weighted by Gasteiger charge is 2.52. The highest BCUT2D eigenvalue weighted by Crippen LogP contribution is 2.43. The molecule has 2 amide bonds. The van der Waals surface area contributed by atoms with Crippen LogP contribution in [0.4, 0.5) is 8.78 Å². The third-order valence-electron chi connectivity index (χ3n) is 7.27. The Morgan fingerprint density at radius 2 is 1.91 bits per heavy atom. The molecule has 34 heavy (non-hydrogen) atoms. The number of fused-ring (bicyclic) bond motifs is 1. The molecule has 1 aromatic carbocycles. The van der Waals surface area contributed by atoms with Crippen LogP contribution in [0.2, 0.25) is 0 Å². The zero-order valence-corrected chi connectivity index (χ0v) is 18.8. The molecule has 0 atom stereocenters. The van der Waals surface area contributed by atoms with Gasteiger partial charge in [-0.25, -0.2) is 8.78 Å². The van der Waals surface area contributed by atoms with Gasteiger partial charge in [0.05, 0.1) is 0 Å². The number of carbonyl (C=O) groups is 2. The Labute approximate surface area is 194 Å². The summed E-state index contributed by atoms with van der Waals surface area (Å²) in [5.74, 6) is -3.20. The molecule has 1 spiro atoms. The van der Waals surface area contributed by atoms with E-state index < -0.39 is 40.3 Å². The number of hydrogen-bond acceptors (Lipinski definition) is 5. The van der Waals surface area contributed by atoms with Crippen LogP contribution in [0.5, 0.6) is 5.75 Å². The fraction of sp³-hybridized carbons (Fsp3) is 0.458. The highest BCUT2D eigenvalue weighted by molar-refractivity contribution is 5.99. The minimum atomic E-state index is -0.973. The van der Waals surface area contributed by atoms with E-state index in [9.17, 15) is 28.3 Å². The molecule has 1 aromatic heterocycles.